The molecule has 0 N–H and O–H groups in total. The van der Waals surface area contributed by atoms with Crippen LogP contribution >= 0.6 is 12.6 Å². The highest BCUT2D eigenvalue weighted by molar-refractivity contribution is 7.80. The molecule has 6 heteroatoms. The Morgan fingerprint density at radius 1 is 1.36 bits per heavy atom. The van der Waals surface area contributed by atoms with E-state index in [4.69, 9.17) is 0 Å². The Labute approximate surface area is 84.4 Å². The number of hydrogen-bond acceptors (Lipinski definition) is 5. The summed E-state index contributed by atoms with van der Waals surface area (Å²) in [6.07, 6.45) is 1.33. The van der Waals surface area contributed by atoms with E-state index in [0.717, 1.165) is 0 Å². The van der Waals surface area contributed by atoms with Gasteiger partial charge in [-0.15, -0.1) is 12.6 Å². The molecular formula is C8H5N3O2S. The first kappa shape index (κ1) is 8.89. The average molecular weight is 207 g/mol. The van der Waals surface area contributed by atoms with Gasteiger partial charge in [-0.2, -0.15) is 0 Å². The molecule has 0 fully saturated rings. The van der Waals surface area contributed by atoms with Gasteiger partial charge in [0, 0.05) is 17.5 Å². The standard InChI is InChI=1S/C8H5N3O2S/c12-11(13)5-1-2-6-7(3-5)9-4-10-8(6)14/h1-4H,(H,9,10,14). The van der Waals surface area contributed by atoms with Gasteiger partial charge >= 0.3 is 0 Å². The van der Waals surface area contributed by atoms with Crippen LogP contribution in [-0.2, 0) is 0 Å². The maximum Gasteiger partial charge on any atom is 0.271 e. The van der Waals surface area contributed by atoms with E-state index in [9.17, 15) is 10.1 Å². The maximum absolute atomic E-state index is 10.5. The van der Waals surface area contributed by atoms with E-state index in [1.54, 1.807) is 6.07 Å². The summed E-state index contributed by atoms with van der Waals surface area (Å²) in [6.45, 7) is 0. The fraction of sp³-hybridized carbons (Fsp3) is 0. The highest BCUT2D eigenvalue weighted by Gasteiger charge is 2.07. The summed E-state index contributed by atoms with van der Waals surface area (Å²) in [6, 6.07) is 4.40. The average Bonchev–Trinajstić information content (AvgIpc) is 2.17. The molecule has 0 aliphatic carbocycles. The van der Waals surface area contributed by atoms with Gasteiger partial charge in [-0.1, -0.05) is 0 Å². The van der Waals surface area contributed by atoms with Crippen LogP contribution < -0.4 is 0 Å². The summed E-state index contributed by atoms with van der Waals surface area (Å²) < 4.78 is 0. The van der Waals surface area contributed by atoms with Crippen molar-refractivity contribution in [3.8, 4) is 0 Å². The van der Waals surface area contributed by atoms with Gasteiger partial charge in [0.05, 0.1) is 10.4 Å². The third-order valence-corrected chi connectivity index (χ3v) is 2.17. The van der Waals surface area contributed by atoms with Crippen molar-refractivity contribution in [1.82, 2.24) is 9.97 Å². The predicted octanol–water partition coefficient (Wildman–Crippen LogP) is 1.83. The van der Waals surface area contributed by atoms with Crippen LogP contribution in [0.1, 0.15) is 0 Å². The Bertz CT molecular complexity index is 515. The van der Waals surface area contributed by atoms with Crippen LogP contribution in [0.3, 0.4) is 0 Å². The van der Waals surface area contributed by atoms with Gasteiger partial charge in [-0.3, -0.25) is 10.1 Å². The van der Waals surface area contributed by atoms with Crippen molar-refractivity contribution in [3.05, 3.63) is 34.6 Å². The third kappa shape index (κ3) is 1.39. The molecule has 0 unspecified atom stereocenters. The van der Waals surface area contributed by atoms with Crippen molar-refractivity contribution < 1.29 is 4.92 Å². The van der Waals surface area contributed by atoms with Crippen molar-refractivity contribution in [2.45, 2.75) is 5.03 Å². The van der Waals surface area contributed by atoms with E-state index in [0.29, 0.717) is 15.9 Å². The summed E-state index contributed by atoms with van der Waals surface area (Å²) in [5.74, 6) is 0. The summed E-state index contributed by atoms with van der Waals surface area (Å²) in [5.41, 5.74) is 0.545. The monoisotopic (exact) mass is 207 g/mol. The zero-order chi connectivity index (χ0) is 10.1. The second kappa shape index (κ2) is 3.22. The largest absolute Gasteiger partial charge is 0.271 e. The Morgan fingerprint density at radius 3 is 2.86 bits per heavy atom. The van der Waals surface area contributed by atoms with Crippen LogP contribution in [0.25, 0.3) is 10.9 Å². The van der Waals surface area contributed by atoms with Crippen LogP contribution in [0.15, 0.2) is 29.6 Å². The molecule has 14 heavy (non-hydrogen) atoms. The molecule has 1 aromatic heterocycles. The molecule has 5 nitrogen and oxygen atoms in total. The lowest BCUT2D eigenvalue weighted by Gasteiger charge is -1.98. The highest BCUT2D eigenvalue weighted by atomic mass is 32.1. The molecule has 0 aliphatic heterocycles. The smallest absolute Gasteiger partial charge is 0.258 e. The Balaban J connectivity index is 2.73. The molecule has 0 spiro atoms. The number of aromatic nitrogens is 2. The number of nitrogens with zero attached hydrogens (tertiary/aromatic N) is 3. The molecule has 0 atom stereocenters. The second-order valence-corrected chi connectivity index (χ2v) is 3.08. The quantitative estimate of drug-likeness (QED) is 0.335. The fourth-order valence-corrected chi connectivity index (χ4v) is 1.39. The summed E-state index contributed by atoms with van der Waals surface area (Å²) in [4.78, 5) is 17.8. The molecule has 0 saturated heterocycles. The van der Waals surface area contributed by atoms with Crippen molar-refractivity contribution in [2.24, 2.45) is 0 Å². The fourth-order valence-electron chi connectivity index (χ4n) is 1.14. The molecule has 0 aliphatic rings. The van der Waals surface area contributed by atoms with Crippen molar-refractivity contribution >= 4 is 29.2 Å². The van der Waals surface area contributed by atoms with Gasteiger partial charge < -0.3 is 0 Å². The zero-order valence-corrected chi connectivity index (χ0v) is 7.81. The van der Waals surface area contributed by atoms with E-state index < -0.39 is 4.92 Å². The second-order valence-electron chi connectivity index (χ2n) is 2.66. The molecule has 0 bridgehead atoms. The van der Waals surface area contributed by atoms with Crippen molar-refractivity contribution in [1.29, 1.82) is 0 Å². The lowest BCUT2D eigenvalue weighted by molar-refractivity contribution is -0.384. The van der Waals surface area contributed by atoms with Crippen molar-refractivity contribution in [2.75, 3.05) is 0 Å². The highest BCUT2D eigenvalue weighted by Crippen LogP contribution is 2.22. The van der Waals surface area contributed by atoms with Gasteiger partial charge in [0.2, 0.25) is 0 Å². The topological polar surface area (TPSA) is 68.9 Å². The number of fused-ring (bicyclic) bond motifs is 1. The third-order valence-electron chi connectivity index (χ3n) is 1.81. The van der Waals surface area contributed by atoms with E-state index in [1.165, 1.54) is 18.5 Å². The molecule has 0 radical (unpaired) electrons. The van der Waals surface area contributed by atoms with Gasteiger partial charge in [0.1, 0.15) is 11.4 Å². The summed E-state index contributed by atoms with van der Waals surface area (Å²) in [5, 5.41) is 11.7. The maximum atomic E-state index is 10.5. The van der Waals surface area contributed by atoms with Crippen LogP contribution in [-0.4, -0.2) is 14.9 Å². The van der Waals surface area contributed by atoms with Crippen LogP contribution in [0.2, 0.25) is 0 Å². The van der Waals surface area contributed by atoms with Gasteiger partial charge in [-0.25, -0.2) is 9.97 Å². The van der Waals surface area contributed by atoms with Crippen LogP contribution in [0.4, 0.5) is 5.69 Å². The lowest BCUT2D eigenvalue weighted by atomic mass is 10.2. The Kier molecular flexibility index (Phi) is 2.05. The van der Waals surface area contributed by atoms with Gasteiger partial charge in [-0.05, 0) is 6.07 Å². The summed E-state index contributed by atoms with van der Waals surface area (Å²) >= 11 is 4.12. The molecule has 0 saturated carbocycles. The molecule has 1 aromatic carbocycles. The molecule has 70 valence electrons. The SMILES string of the molecule is O=[N+]([O-])c1ccc2c(S)ncnc2c1. The predicted molar refractivity (Wildman–Crippen MR) is 53.4 cm³/mol. The molecular weight excluding hydrogens is 202 g/mol. The van der Waals surface area contributed by atoms with Gasteiger partial charge in [0.15, 0.2) is 0 Å². The van der Waals surface area contributed by atoms with Crippen LogP contribution in [0.5, 0.6) is 0 Å². The number of rotatable bonds is 1. The Morgan fingerprint density at radius 2 is 2.14 bits per heavy atom. The number of nitro benzene ring substituents is 1. The number of hydrogen-bond donors (Lipinski definition) is 1. The van der Waals surface area contributed by atoms with E-state index in [-0.39, 0.29) is 5.69 Å². The number of benzene rings is 1. The Hall–Kier alpha value is -1.69. The molecule has 0 amide bonds. The first-order chi connectivity index (χ1) is 6.68. The minimum Gasteiger partial charge on any atom is -0.258 e. The molecule has 1 heterocycles. The van der Waals surface area contributed by atoms with E-state index >= 15 is 0 Å². The summed E-state index contributed by atoms with van der Waals surface area (Å²) in [7, 11) is 0. The van der Waals surface area contributed by atoms with Gasteiger partial charge in [0.25, 0.3) is 5.69 Å². The molecule has 2 rings (SSSR count). The lowest BCUT2D eigenvalue weighted by Crippen LogP contribution is -1.89. The van der Waals surface area contributed by atoms with E-state index in [1.807, 2.05) is 0 Å². The minimum absolute atomic E-state index is 0.0175. The number of thiol groups is 1. The normalized spacial score (nSPS) is 10.4. The van der Waals surface area contributed by atoms with Crippen LogP contribution in [0, 0.1) is 10.1 Å². The molecule has 2 aromatic rings. The van der Waals surface area contributed by atoms with E-state index in [2.05, 4.69) is 22.6 Å². The van der Waals surface area contributed by atoms with Crippen molar-refractivity contribution in [3.63, 3.8) is 0 Å². The number of nitro groups is 1. The minimum atomic E-state index is -0.459. The number of non-ortho nitro benzene ring substituents is 1. The zero-order valence-electron chi connectivity index (χ0n) is 6.91. The first-order valence-electron chi connectivity index (χ1n) is 3.76. The first-order valence-corrected chi connectivity index (χ1v) is 4.21.